The molecule has 1 aliphatic rings. The van der Waals surface area contributed by atoms with E-state index in [9.17, 15) is 5.11 Å². The van der Waals surface area contributed by atoms with E-state index in [2.05, 4.69) is 31.8 Å². The van der Waals surface area contributed by atoms with Gasteiger partial charge in [-0.2, -0.15) is 10.4 Å². The molecule has 1 unspecified atom stereocenters. The molecule has 1 aromatic carbocycles. The summed E-state index contributed by atoms with van der Waals surface area (Å²) in [5.74, 6) is 0.411. The second-order valence-electron chi connectivity index (χ2n) is 7.22. The van der Waals surface area contributed by atoms with Crippen molar-refractivity contribution in [2.75, 3.05) is 11.9 Å². The molecule has 1 saturated carbocycles. The van der Waals surface area contributed by atoms with Crippen molar-refractivity contribution in [2.24, 2.45) is 12.5 Å². The Kier molecular flexibility index (Phi) is 5.20. The maximum Gasteiger partial charge on any atom is 0.227 e. The maximum atomic E-state index is 10.3. The van der Waals surface area contributed by atoms with Gasteiger partial charge >= 0.3 is 0 Å². The maximum absolute atomic E-state index is 10.3. The first kappa shape index (κ1) is 19.3. The van der Waals surface area contributed by atoms with E-state index in [0.29, 0.717) is 28.8 Å². The number of aliphatic hydroxyl groups is 1. The molecular weight excluding hydrogens is 390 g/mol. The number of nitrogens with one attached hydrogen (secondary N) is 2. The van der Waals surface area contributed by atoms with Gasteiger partial charge in [0.15, 0.2) is 0 Å². The number of halogens is 1. The molecule has 0 bridgehead atoms. The van der Waals surface area contributed by atoms with Gasteiger partial charge in [0.2, 0.25) is 5.95 Å². The fourth-order valence-electron chi connectivity index (χ4n) is 2.96. The minimum Gasteiger partial charge on any atom is -0.374 e. The highest BCUT2D eigenvalue weighted by atomic mass is 35.5. The summed E-state index contributed by atoms with van der Waals surface area (Å²) in [5, 5.41) is 30.1. The Morgan fingerprint density at radius 2 is 2.07 bits per heavy atom. The summed E-state index contributed by atoms with van der Waals surface area (Å²) < 4.78 is 1.68. The van der Waals surface area contributed by atoms with Crippen molar-refractivity contribution in [3.8, 4) is 17.3 Å². The molecule has 2 aromatic heterocycles. The van der Waals surface area contributed by atoms with Crippen molar-refractivity contribution in [1.29, 1.82) is 5.26 Å². The fraction of sp³-hybridized carbons (Fsp3) is 0.300. The Hall–Kier alpha value is -2.99. The molecule has 29 heavy (non-hydrogen) atoms. The van der Waals surface area contributed by atoms with Crippen LogP contribution in [0.15, 0.2) is 42.9 Å². The molecule has 0 radical (unpaired) electrons. The summed E-state index contributed by atoms with van der Waals surface area (Å²) >= 11 is 6.30. The molecular formula is C20H20ClN7O. The Morgan fingerprint density at radius 3 is 2.69 bits per heavy atom. The van der Waals surface area contributed by atoms with E-state index in [1.807, 2.05) is 37.5 Å². The zero-order chi connectivity index (χ0) is 20.4. The SMILES string of the molecule is Cn1cc(Nc2ncc(Cl)c(-c3ccc(C(O)NCC4(C#N)CC4)cc3)n2)cn1. The third kappa shape index (κ3) is 4.38. The number of rotatable bonds is 7. The predicted molar refractivity (Wildman–Crippen MR) is 109 cm³/mol. The van der Waals surface area contributed by atoms with Gasteiger partial charge in [0.25, 0.3) is 0 Å². The standard InChI is InChI=1S/C20H20ClN7O/c1-28-10-15(8-25-28)26-19-23-9-16(21)17(27-19)13-2-4-14(5-3-13)18(29)24-12-20(11-22)6-7-20/h2-5,8-10,18,24,29H,6-7,12H2,1H3,(H,23,26,27). The number of aromatic nitrogens is 4. The van der Waals surface area contributed by atoms with E-state index < -0.39 is 6.23 Å². The van der Waals surface area contributed by atoms with Crippen LogP contribution in [0.2, 0.25) is 5.02 Å². The van der Waals surface area contributed by atoms with Gasteiger partial charge in [0, 0.05) is 25.4 Å². The lowest BCUT2D eigenvalue weighted by Crippen LogP contribution is -2.27. The quantitative estimate of drug-likeness (QED) is 0.514. The molecule has 9 heteroatoms. The van der Waals surface area contributed by atoms with Crippen LogP contribution < -0.4 is 10.6 Å². The average molecular weight is 410 g/mol. The number of aryl methyl sites for hydroxylation is 1. The number of nitriles is 1. The van der Waals surface area contributed by atoms with Crippen LogP contribution >= 0.6 is 11.6 Å². The van der Waals surface area contributed by atoms with Gasteiger partial charge in [-0.15, -0.1) is 0 Å². The number of benzene rings is 1. The van der Waals surface area contributed by atoms with E-state index in [1.165, 1.54) is 0 Å². The first-order chi connectivity index (χ1) is 14.0. The zero-order valence-corrected chi connectivity index (χ0v) is 16.6. The average Bonchev–Trinajstić information content (AvgIpc) is 3.41. The second-order valence-corrected chi connectivity index (χ2v) is 7.62. The summed E-state index contributed by atoms with van der Waals surface area (Å²) in [7, 11) is 1.83. The second kappa shape index (κ2) is 7.79. The van der Waals surface area contributed by atoms with Crippen LogP contribution in [0, 0.1) is 16.7 Å². The number of hydrogen-bond acceptors (Lipinski definition) is 7. The minimum atomic E-state index is -0.835. The molecule has 1 atom stereocenters. The summed E-state index contributed by atoms with van der Waals surface area (Å²) in [4.78, 5) is 8.71. The largest absolute Gasteiger partial charge is 0.374 e. The summed E-state index contributed by atoms with van der Waals surface area (Å²) in [6.45, 7) is 0.480. The van der Waals surface area contributed by atoms with E-state index in [4.69, 9.17) is 16.9 Å². The topological polar surface area (TPSA) is 112 Å². The van der Waals surface area contributed by atoms with Crippen LogP contribution in [-0.4, -0.2) is 31.4 Å². The Bertz CT molecular complexity index is 1050. The molecule has 3 N–H and O–H groups in total. The van der Waals surface area contributed by atoms with E-state index in [1.54, 1.807) is 17.1 Å². The molecule has 1 fully saturated rings. The van der Waals surface area contributed by atoms with Gasteiger partial charge in [-0.25, -0.2) is 9.97 Å². The summed E-state index contributed by atoms with van der Waals surface area (Å²) in [6.07, 6.45) is 5.97. The molecule has 8 nitrogen and oxygen atoms in total. The lowest BCUT2D eigenvalue weighted by atomic mass is 10.1. The number of nitrogens with zero attached hydrogens (tertiary/aromatic N) is 5. The molecule has 4 rings (SSSR count). The Balaban J connectivity index is 1.48. The predicted octanol–water partition coefficient (Wildman–Crippen LogP) is 3.16. The number of hydrogen-bond donors (Lipinski definition) is 3. The monoisotopic (exact) mass is 409 g/mol. The van der Waals surface area contributed by atoms with Gasteiger partial charge in [-0.3, -0.25) is 10.00 Å². The van der Waals surface area contributed by atoms with E-state index in [-0.39, 0.29) is 5.41 Å². The van der Waals surface area contributed by atoms with Crippen LogP contribution in [0.4, 0.5) is 11.6 Å². The normalized spacial score (nSPS) is 15.5. The molecule has 0 saturated heterocycles. The summed E-state index contributed by atoms with van der Waals surface area (Å²) in [6, 6.07) is 9.62. The van der Waals surface area contributed by atoms with Crippen molar-refractivity contribution in [3.05, 3.63) is 53.4 Å². The van der Waals surface area contributed by atoms with Gasteiger partial charge in [-0.1, -0.05) is 35.9 Å². The molecule has 0 spiro atoms. The van der Waals surface area contributed by atoms with Crippen LogP contribution in [0.5, 0.6) is 0 Å². The molecule has 148 valence electrons. The van der Waals surface area contributed by atoms with Gasteiger partial charge in [0.05, 0.1) is 40.3 Å². The highest BCUT2D eigenvalue weighted by molar-refractivity contribution is 6.32. The highest BCUT2D eigenvalue weighted by Gasteiger charge is 2.43. The van der Waals surface area contributed by atoms with Crippen molar-refractivity contribution in [3.63, 3.8) is 0 Å². The minimum absolute atomic E-state index is 0.312. The van der Waals surface area contributed by atoms with E-state index in [0.717, 1.165) is 24.1 Å². The Morgan fingerprint density at radius 1 is 1.31 bits per heavy atom. The number of anilines is 2. The Labute approximate surface area is 173 Å². The van der Waals surface area contributed by atoms with Crippen molar-refractivity contribution >= 4 is 23.2 Å². The zero-order valence-electron chi connectivity index (χ0n) is 15.8. The van der Waals surface area contributed by atoms with Crippen LogP contribution in [0.3, 0.4) is 0 Å². The van der Waals surface area contributed by atoms with Crippen LogP contribution in [-0.2, 0) is 7.05 Å². The number of aliphatic hydroxyl groups excluding tert-OH is 1. The molecule has 3 aromatic rings. The molecule has 0 amide bonds. The van der Waals surface area contributed by atoms with Crippen LogP contribution in [0.1, 0.15) is 24.6 Å². The first-order valence-corrected chi connectivity index (χ1v) is 9.57. The summed E-state index contributed by atoms with van der Waals surface area (Å²) in [5.41, 5.74) is 2.56. The molecule has 2 heterocycles. The van der Waals surface area contributed by atoms with Crippen molar-refractivity contribution in [1.82, 2.24) is 25.1 Å². The lowest BCUT2D eigenvalue weighted by Gasteiger charge is -2.15. The molecule has 1 aliphatic carbocycles. The van der Waals surface area contributed by atoms with Crippen LogP contribution in [0.25, 0.3) is 11.3 Å². The van der Waals surface area contributed by atoms with Crippen molar-refractivity contribution < 1.29 is 5.11 Å². The molecule has 0 aliphatic heterocycles. The smallest absolute Gasteiger partial charge is 0.227 e. The van der Waals surface area contributed by atoms with Crippen molar-refractivity contribution in [2.45, 2.75) is 19.1 Å². The van der Waals surface area contributed by atoms with Gasteiger partial charge in [0.1, 0.15) is 6.23 Å². The van der Waals surface area contributed by atoms with Gasteiger partial charge < -0.3 is 10.4 Å². The third-order valence-electron chi connectivity index (χ3n) is 4.93. The first-order valence-electron chi connectivity index (χ1n) is 9.19. The lowest BCUT2D eigenvalue weighted by molar-refractivity contribution is 0.134. The van der Waals surface area contributed by atoms with Gasteiger partial charge in [-0.05, 0) is 18.4 Å². The highest BCUT2D eigenvalue weighted by Crippen LogP contribution is 2.44. The van der Waals surface area contributed by atoms with E-state index >= 15 is 0 Å². The third-order valence-corrected chi connectivity index (χ3v) is 5.21. The fourth-order valence-corrected chi connectivity index (χ4v) is 3.16.